The number of benzene rings is 1. The van der Waals surface area contributed by atoms with Crippen molar-refractivity contribution in [2.45, 2.75) is 13.0 Å². The van der Waals surface area contributed by atoms with E-state index in [0.717, 1.165) is 15.7 Å². The first-order chi connectivity index (χ1) is 9.66. The molecule has 2 aromatic rings. The van der Waals surface area contributed by atoms with Crippen molar-refractivity contribution in [3.8, 4) is 0 Å². The van der Waals surface area contributed by atoms with Crippen LogP contribution in [0.2, 0.25) is 0 Å². The van der Waals surface area contributed by atoms with E-state index >= 15 is 0 Å². The largest absolute Gasteiger partial charge is 0.324 e. The summed E-state index contributed by atoms with van der Waals surface area (Å²) in [5.74, 6) is -0.0715. The van der Waals surface area contributed by atoms with Gasteiger partial charge in [-0.15, -0.1) is 0 Å². The molecular weight excluding hydrogens is 318 g/mol. The minimum absolute atomic E-state index is 0.0715. The topological polar surface area (TPSA) is 54.0 Å². The molecule has 104 valence electrons. The van der Waals surface area contributed by atoms with Crippen molar-refractivity contribution in [3.05, 3.63) is 58.8 Å². The molecule has 0 aliphatic heterocycles. The number of pyridine rings is 1. The van der Waals surface area contributed by atoms with Crippen molar-refractivity contribution in [2.24, 2.45) is 0 Å². The summed E-state index contributed by atoms with van der Waals surface area (Å²) in [4.78, 5) is 15.9. The van der Waals surface area contributed by atoms with E-state index in [1.54, 1.807) is 12.4 Å². The van der Waals surface area contributed by atoms with Gasteiger partial charge in [-0.1, -0.05) is 12.1 Å². The molecule has 2 N–H and O–H groups in total. The van der Waals surface area contributed by atoms with Crippen LogP contribution in [0.3, 0.4) is 0 Å². The van der Waals surface area contributed by atoms with Gasteiger partial charge in [0.15, 0.2) is 0 Å². The third-order valence-electron chi connectivity index (χ3n) is 2.92. The van der Waals surface area contributed by atoms with Crippen molar-refractivity contribution < 1.29 is 4.79 Å². The number of carbonyl (C=O) groups is 1. The minimum atomic E-state index is -0.0715. The van der Waals surface area contributed by atoms with Gasteiger partial charge in [-0.25, -0.2) is 0 Å². The summed E-state index contributed by atoms with van der Waals surface area (Å²) in [6, 6.07) is 11.5. The Balaban J connectivity index is 1.85. The van der Waals surface area contributed by atoms with E-state index in [0.29, 0.717) is 0 Å². The van der Waals surface area contributed by atoms with Gasteiger partial charge in [0.25, 0.3) is 0 Å². The van der Waals surface area contributed by atoms with Crippen LogP contribution in [0.5, 0.6) is 0 Å². The third kappa shape index (κ3) is 4.15. The molecule has 1 aromatic carbocycles. The first-order valence-corrected chi connectivity index (χ1v) is 7.14. The Labute approximate surface area is 126 Å². The molecule has 0 saturated carbocycles. The Kier molecular flexibility index (Phi) is 5.26. The molecule has 0 fully saturated rings. The molecule has 4 nitrogen and oxygen atoms in total. The van der Waals surface area contributed by atoms with Gasteiger partial charge in [-0.2, -0.15) is 0 Å². The normalized spacial score (nSPS) is 11.9. The number of hydrogen-bond acceptors (Lipinski definition) is 3. The first-order valence-electron chi connectivity index (χ1n) is 6.34. The van der Waals surface area contributed by atoms with Crippen molar-refractivity contribution in [3.63, 3.8) is 0 Å². The number of nitrogens with one attached hydrogen (secondary N) is 2. The summed E-state index contributed by atoms with van der Waals surface area (Å²) in [5, 5.41) is 6.04. The maximum absolute atomic E-state index is 11.9. The quantitative estimate of drug-likeness (QED) is 0.883. The third-order valence-corrected chi connectivity index (χ3v) is 3.61. The van der Waals surface area contributed by atoms with E-state index in [2.05, 4.69) is 31.5 Å². The molecule has 1 heterocycles. The summed E-state index contributed by atoms with van der Waals surface area (Å²) < 4.78 is 0.871. The van der Waals surface area contributed by atoms with E-state index in [1.807, 2.05) is 43.3 Å². The number of nitrogens with zero attached hydrogens (tertiary/aromatic N) is 1. The highest BCUT2D eigenvalue weighted by Crippen LogP contribution is 2.20. The summed E-state index contributed by atoms with van der Waals surface area (Å²) in [6.07, 6.45) is 3.49. The van der Waals surface area contributed by atoms with Crippen LogP contribution in [0.15, 0.2) is 53.3 Å². The Bertz CT molecular complexity index is 574. The van der Waals surface area contributed by atoms with Gasteiger partial charge in [-0.3, -0.25) is 9.78 Å². The van der Waals surface area contributed by atoms with Gasteiger partial charge in [-0.05, 0) is 52.7 Å². The molecule has 1 amide bonds. The molecule has 0 unspecified atom stereocenters. The molecule has 0 radical (unpaired) electrons. The summed E-state index contributed by atoms with van der Waals surface area (Å²) in [6.45, 7) is 2.27. The predicted octanol–water partition coefficient (Wildman–Crippen LogP) is 3.13. The summed E-state index contributed by atoms with van der Waals surface area (Å²) in [7, 11) is 0. The number of aromatic nitrogens is 1. The van der Waals surface area contributed by atoms with Crippen LogP contribution in [-0.2, 0) is 4.79 Å². The second-order valence-corrected chi connectivity index (χ2v) is 5.27. The predicted molar refractivity (Wildman–Crippen MR) is 83.4 cm³/mol. The fourth-order valence-corrected chi connectivity index (χ4v) is 2.16. The lowest BCUT2D eigenvalue weighted by Crippen LogP contribution is -2.30. The molecule has 20 heavy (non-hydrogen) atoms. The average Bonchev–Trinajstić information content (AvgIpc) is 2.48. The molecule has 2 rings (SSSR count). The standard InChI is InChI=1S/C15H16BrN3O/c1-11(12-6-8-17-9-7-12)18-10-15(20)19-14-5-3-2-4-13(14)16/h2-9,11,18H,10H2,1H3,(H,19,20)/t11-/m1/s1. The van der Waals surface area contributed by atoms with Crippen LogP contribution >= 0.6 is 15.9 Å². The Morgan fingerprint density at radius 1 is 1.25 bits per heavy atom. The zero-order chi connectivity index (χ0) is 14.4. The minimum Gasteiger partial charge on any atom is -0.324 e. The molecule has 1 atom stereocenters. The van der Waals surface area contributed by atoms with Gasteiger partial charge in [0.2, 0.25) is 5.91 Å². The van der Waals surface area contributed by atoms with Crippen molar-refractivity contribution in [2.75, 3.05) is 11.9 Å². The lowest BCUT2D eigenvalue weighted by molar-refractivity contribution is -0.115. The monoisotopic (exact) mass is 333 g/mol. The zero-order valence-electron chi connectivity index (χ0n) is 11.1. The molecule has 0 spiro atoms. The fraction of sp³-hybridized carbons (Fsp3) is 0.200. The fourth-order valence-electron chi connectivity index (χ4n) is 1.77. The van der Waals surface area contributed by atoms with E-state index in [-0.39, 0.29) is 18.5 Å². The number of rotatable bonds is 5. The lowest BCUT2D eigenvalue weighted by Gasteiger charge is -2.14. The second kappa shape index (κ2) is 7.17. The van der Waals surface area contributed by atoms with Gasteiger partial charge in [0, 0.05) is 22.9 Å². The summed E-state index contributed by atoms with van der Waals surface area (Å²) >= 11 is 3.40. The Hall–Kier alpha value is -1.72. The van der Waals surface area contributed by atoms with Gasteiger partial charge in [0.1, 0.15) is 0 Å². The number of para-hydroxylation sites is 1. The van der Waals surface area contributed by atoms with Crippen molar-refractivity contribution >= 4 is 27.5 Å². The van der Waals surface area contributed by atoms with E-state index < -0.39 is 0 Å². The highest BCUT2D eigenvalue weighted by Gasteiger charge is 2.08. The average molecular weight is 334 g/mol. The van der Waals surface area contributed by atoms with Crippen molar-refractivity contribution in [1.29, 1.82) is 0 Å². The van der Waals surface area contributed by atoms with E-state index in [1.165, 1.54) is 0 Å². The molecular formula is C15H16BrN3O. The van der Waals surface area contributed by atoms with Crippen molar-refractivity contribution in [1.82, 2.24) is 10.3 Å². The summed E-state index contributed by atoms with van der Waals surface area (Å²) in [5.41, 5.74) is 1.88. The van der Waals surface area contributed by atoms with Gasteiger partial charge >= 0.3 is 0 Å². The second-order valence-electron chi connectivity index (χ2n) is 4.41. The molecule has 0 bridgehead atoms. The number of anilines is 1. The lowest BCUT2D eigenvalue weighted by atomic mass is 10.1. The highest BCUT2D eigenvalue weighted by molar-refractivity contribution is 9.10. The smallest absolute Gasteiger partial charge is 0.238 e. The molecule has 5 heteroatoms. The van der Waals surface area contributed by atoms with Crippen LogP contribution in [0.1, 0.15) is 18.5 Å². The number of amides is 1. The molecule has 0 aliphatic carbocycles. The van der Waals surface area contributed by atoms with Crippen LogP contribution in [-0.4, -0.2) is 17.4 Å². The molecule has 0 aliphatic rings. The van der Waals surface area contributed by atoms with Gasteiger partial charge < -0.3 is 10.6 Å². The Morgan fingerprint density at radius 3 is 2.65 bits per heavy atom. The Morgan fingerprint density at radius 2 is 1.95 bits per heavy atom. The number of hydrogen-bond donors (Lipinski definition) is 2. The van der Waals surface area contributed by atoms with Crippen LogP contribution in [0, 0.1) is 0 Å². The first kappa shape index (κ1) is 14.7. The van der Waals surface area contributed by atoms with Crippen LogP contribution < -0.4 is 10.6 Å². The van der Waals surface area contributed by atoms with Crippen LogP contribution in [0.4, 0.5) is 5.69 Å². The van der Waals surface area contributed by atoms with Crippen LogP contribution in [0.25, 0.3) is 0 Å². The van der Waals surface area contributed by atoms with E-state index in [4.69, 9.17) is 0 Å². The SMILES string of the molecule is C[C@@H](NCC(=O)Nc1ccccc1Br)c1ccncc1. The maximum atomic E-state index is 11.9. The van der Waals surface area contributed by atoms with E-state index in [9.17, 15) is 4.79 Å². The number of carbonyl (C=O) groups excluding carboxylic acids is 1. The molecule has 1 aromatic heterocycles. The zero-order valence-corrected chi connectivity index (χ0v) is 12.7. The number of halogens is 1. The maximum Gasteiger partial charge on any atom is 0.238 e. The highest BCUT2D eigenvalue weighted by atomic mass is 79.9. The van der Waals surface area contributed by atoms with Gasteiger partial charge in [0.05, 0.1) is 12.2 Å². The molecule has 0 saturated heterocycles.